The maximum atomic E-state index is 3.38. The highest BCUT2D eigenvalue weighted by Crippen LogP contribution is 2.18. The zero-order chi connectivity index (χ0) is 8.85. The van der Waals surface area contributed by atoms with Crippen molar-refractivity contribution in [2.24, 2.45) is 0 Å². The van der Waals surface area contributed by atoms with Gasteiger partial charge in [-0.3, -0.25) is 0 Å². The van der Waals surface area contributed by atoms with Gasteiger partial charge >= 0.3 is 0 Å². The van der Waals surface area contributed by atoms with Crippen LogP contribution in [0.25, 0.3) is 0 Å². The van der Waals surface area contributed by atoms with Gasteiger partial charge < -0.3 is 0 Å². The van der Waals surface area contributed by atoms with Crippen molar-refractivity contribution in [1.82, 2.24) is 0 Å². The summed E-state index contributed by atoms with van der Waals surface area (Å²) < 4.78 is 2.24. The molecule has 0 saturated carbocycles. The molecule has 62 valence electrons. The van der Waals surface area contributed by atoms with Gasteiger partial charge in [0.05, 0.1) is 0 Å². The lowest BCUT2D eigenvalue weighted by molar-refractivity contribution is 1.43. The van der Waals surface area contributed by atoms with E-state index >= 15 is 0 Å². The SMILES string of the molecule is CC.Cc1cc(Br)cc(Br)c1. The molecule has 0 fully saturated rings. The second kappa shape index (κ2) is 5.78. The highest BCUT2D eigenvalue weighted by atomic mass is 79.9. The lowest BCUT2D eigenvalue weighted by atomic mass is 10.2. The second-order valence-corrected chi connectivity index (χ2v) is 3.78. The average Bonchev–Trinajstić information content (AvgIpc) is 1.88. The second-order valence-electron chi connectivity index (χ2n) is 1.95. The number of rotatable bonds is 0. The van der Waals surface area contributed by atoms with Crippen LogP contribution >= 0.6 is 31.9 Å². The van der Waals surface area contributed by atoms with Gasteiger partial charge in [-0.25, -0.2) is 0 Å². The molecular weight excluding hydrogens is 268 g/mol. The number of aryl methyl sites for hydroxylation is 1. The van der Waals surface area contributed by atoms with Crippen LogP contribution in [0, 0.1) is 6.92 Å². The van der Waals surface area contributed by atoms with E-state index in [1.807, 2.05) is 19.9 Å². The van der Waals surface area contributed by atoms with E-state index in [9.17, 15) is 0 Å². The molecule has 0 N–H and O–H groups in total. The summed E-state index contributed by atoms with van der Waals surface area (Å²) in [7, 11) is 0. The summed E-state index contributed by atoms with van der Waals surface area (Å²) >= 11 is 6.77. The van der Waals surface area contributed by atoms with Gasteiger partial charge in [0.15, 0.2) is 0 Å². The molecule has 11 heavy (non-hydrogen) atoms. The van der Waals surface area contributed by atoms with E-state index in [2.05, 4.69) is 50.9 Å². The third-order valence-electron chi connectivity index (χ3n) is 1.01. The van der Waals surface area contributed by atoms with Gasteiger partial charge in [0.25, 0.3) is 0 Å². The lowest BCUT2D eigenvalue weighted by Gasteiger charge is -1.94. The minimum atomic E-state index is 1.12. The molecule has 0 saturated heterocycles. The van der Waals surface area contributed by atoms with E-state index in [1.165, 1.54) is 5.56 Å². The normalized spacial score (nSPS) is 8.45. The Morgan fingerprint density at radius 1 is 0.909 bits per heavy atom. The number of hydrogen-bond donors (Lipinski definition) is 0. The zero-order valence-corrected chi connectivity index (χ0v) is 10.2. The Kier molecular flexibility index (Phi) is 5.88. The van der Waals surface area contributed by atoms with Crippen molar-refractivity contribution in [1.29, 1.82) is 0 Å². The first-order valence-electron chi connectivity index (χ1n) is 3.61. The molecule has 0 nitrogen and oxygen atoms in total. The van der Waals surface area contributed by atoms with Crippen molar-refractivity contribution in [3.8, 4) is 0 Å². The maximum Gasteiger partial charge on any atom is 0.0189 e. The average molecular weight is 280 g/mol. The predicted octanol–water partition coefficient (Wildman–Crippen LogP) is 4.55. The van der Waals surface area contributed by atoms with Crippen LogP contribution in [0.5, 0.6) is 0 Å². The van der Waals surface area contributed by atoms with Crippen LogP contribution in [0.2, 0.25) is 0 Å². The smallest absolute Gasteiger partial charge is 0.0189 e. The van der Waals surface area contributed by atoms with Gasteiger partial charge in [0.1, 0.15) is 0 Å². The van der Waals surface area contributed by atoms with Crippen molar-refractivity contribution in [3.63, 3.8) is 0 Å². The van der Waals surface area contributed by atoms with Crippen LogP contribution in [-0.2, 0) is 0 Å². The van der Waals surface area contributed by atoms with E-state index in [4.69, 9.17) is 0 Å². The molecule has 1 rings (SSSR count). The number of benzene rings is 1. The minimum absolute atomic E-state index is 1.12. The molecule has 2 heteroatoms. The third kappa shape index (κ3) is 4.59. The van der Waals surface area contributed by atoms with Crippen LogP contribution in [0.3, 0.4) is 0 Å². The van der Waals surface area contributed by atoms with Gasteiger partial charge in [-0.1, -0.05) is 45.7 Å². The molecular formula is C9H12Br2. The molecule has 0 unspecified atom stereocenters. The Morgan fingerprint density at radius 3 is 1.55 bits per heavy atom. The summed E-state index contributed by atoms with van der Waals surface area (Å²) in [6.07, 6.45) is 0. The van der Waals surface area contributed by atoms with Crippen molar-refractivity contribution >= 4 is 31.9 Å². The predicted molar refractivity (Wildman–Crippen MR) is 57.9 cm³/mol. The van der Waals surface area contributed by atoms with Gasteiger partial charge in [-0.05, 0) is 30.7 Å². The molecule has 0 heterocycles. The first kappa shape index (κ1) is 11.2. The van der Waals surface area contributed by atoms with Crippen LogP contribution in [0.4, 0.5) is 0 Å². The Bertz CT molecular complexity index is 168. The van der Waals surface area contributed by atoms with Crippen molar-refractivity contribution in [2.45, 2.75) is 20.8 Å². The maximum absolute atomic E-state index is 3.38. The fourth-order valence-electron chi connectivity index (χ4n) is 0.692. The summed E-state index contributed by atoms with van der Waals surface area (Å²) in [5.74, 6) is 0. The fraction of sp³-hybridized carbons (Fsp3) is 0.333. The molecule has 0 aliphatic heterocycles. The Morgan fingerprint density at radius 2 is 1.27 bits per heavy atom. The van der Waals surface area contributed by atoms with E-state index < -0.39 is 0 Å². The van der Waals surface area contributed by atoms with Crippen LogP contribution < -0.4 is 0 Å². The number of halogens is 2. The Labute approximate surface area is 85.3 Å². The molecule has 0 bridgehead atoms. The summed E-state index contributed by atoms with van der Waals surface area (Å²) in [6, 6.07) is 6.17. The third-order valence-corrected chi connectivity index (χ3v) is 1.92. The Balaban J connectivity index is 0.000000461. The molecule has 0 aromatic heterocycles. The molecule has 0 spiro atoms. The van der Waals surface area contributed by atoms with Gasteiger partial charge in [0, 0.05) is 8.95 Å². The molecule has 0 atom stereocenters. The summed E-state index contributed by atoms with van der Waals surface area (Å²) in [6.45, 7) is 6.06. The van der Waals surface area contributed by atoms with E-state index in [-0.39, 0.29) is 0 Å². The summed E-state index contributed by atoms with van der Waals surface area (Å²) in [5.41, 5.74) is 1.26. The van der Waals surface area contributed by atoms with Crippen LogP contribution in [0.1, 0.15) is 19.4 Å². The zero-order valence-electron chi connectivity index (χ0n) is 6.99. The molecule has 0 amide bonds. The minimum Gasteiger partial charge on any atom is -0.0683 e. The topological polar surface area (TPSA) is 0 Å². The highest BCUT2D eigenvalue weighted by molar-refractivity contribution is 9.11. The van der Waals surface area contributed by atoms with Gasteiger partial charge in [-0.2, -0.15) is 0 Å². The fourth-order valence-corrected chi connectivity index (χ4v) is 2.21. The van der Waals surface area contributed by atoms with Gasteiger partial charge in [0.2, 0.25) is 0 Å². The standard InChI is InChI=1S/C7H6Br2.C2H6/c1-5-2-6(8)4-7(9)3-5;1-2/h2-4H,1H3;1-2H3. The molecule has 1 aromatic rings. The summed E-state index contributed by atoms with van der Waals surface area (Å²) in [4.78, 5) is 0. The lowest BCUT2D eigenvalue weighted by Crippen LogP contribution is -1.71. The quantitative estimate of drug-likeness (QED) is 0.654. The molecule has 1 aromatic carbocycles. The first-order valence-corrected chi connectivity index (χ1v) is 5.20. The van der Waals surface area contributed by atoms with Crippen molar-refractivity contribution < 1.29 is 0 Å². The van der Waals surface area contributed by atoms with Crippen molar-refractivity contribution in [2.75, 3.05) is 0 Å². The highest BCUT2D eigenvalue weighted by Gasteiger charge is 1.90. The monoisotopic (exact) mass is 278 g/mol. The Hall–Kier alpha value is 0.180. The molecule has 0 radical (unpaired) electrons. The van der Waals surface area contributed by atoms with E-state index in [0.717, 1.165) is 8.95 Å². The van der Waals surface area contributed by atoms with E-state index in [1.54, 1.807) is 0 Å². The largest absolute Gasteiger partial charge is 0.0683 e. The molecule has 0 aliphatic carbocycles. The van der Waals surface area contributed by atoms with Gasteiger partial charge in [-0.15, -0.1) is 0 Å². The van der Waals surface area contributed by atoms with Crippen molar-refractivity contribution in [3.05, 3.63) is 32.7 Å². The number of hydrogen-bond acceptors (Lipinski definition) is 0. The van der Waals surface area contributed by atoms with Crippen LogP contribution in [-0.4, -0.2) is 0 Å². The van der Waals surface area contributed by atoms with E-state index in [0.29, 0.717) is 0 Å². The molecule has 0 aliphatic rings. The first-order chi connectivity index (χ1) is 5.18. The summed E-state index contributed by atoms with van der Waals surface area (Å²) in [5, 5.41) is 0. The van der Waals surface area contributed by atoms with Crippen LogP contribution in [0.15, 0.2) is 27.1 Å².